The van der Waals surface area contributed by atoms with Gasteiger partial charge in [0.25, 0.3) is 0 Å². The van der Waals surface area contributed by atoms with E-state index in [1.807, 2.05) is 16.8 Å². The monoisotopic (exact) mass is 270 g/mol. The maximum Gasteiger partial charge on any atom is 0.317 e. The largest absolute Gasteiger partial charge is 0.481 e. The molecule has 0 saturated carbocycles. The summed E-state index contributed by atoms with van der Waals surface area (Å²) >= 11 is 1.63. The molecule has 0 bridgehead atoms. The summed E-state index contributed by atoms with van der Waals surface area (Å²) in [6.07, 6.45) is 0.789. The number of amides is 2. The van der Waals surface area contributed by atoms with Gasteiger partial charge in [0.1, 0.15) is 0 Å². The van der Waals surface area contributed by atoms with E-state index >= 15 is 0 Å². The van der Waals surface area contributed by atoms with Crippen molar-refractivity contribution < 1.29 is 14.7 Å². The molecular weight excluding hydrogens is 252 g/mol. The summed E-state index contributed by atoms with van der Waals surface area (Å²) in [6.45, 7) is 2.35. The van der Waals surface area contributed by atoms with Crippen LogP contribution in [-0.2, 0) is 11.2 Å². The Balaban J connectivity index is 2.25. The Morgan fingerprint density at radius 1 is 1.56 bits per heavy atom. The van der Waals surface area contributed by atoms with E-state index < -0.39 is 11.9 Å². The molecule has 0 saturated heterocycles. The van der Waals surface area contributed by atoms with Gasteiger partial charge in [-0.05, 0) is 28.8 Å². The van der Waals surface area contributed by atoms with Crippen molar-refractivity contribution in [3.63, 3.8) is 0 Å². The Morgan fingerprint density at radius 2 is 2.28 bits per heavy atom. The molecule has 0 aromatic carbocycles. The number of urea groups is 1. The highest BCUT2D eigenvalue weighted by atomic mass is 32.1. The van der Waals surface area contributed by atoms with Crippen molar-refractivity contribution in [3.05, 3.63) is 22.4 Å². The van der Waals surface area contributed by atoms with Gasteiger partial charge in [-0.15, -0.1) is 0 Å². The molecule has 0 aliphatic heterocycles. The third-order valence-corrected chi connectivity index (χ3v) is 3.32. The number of nitrogens with one attached hydrogen (secondary N) is 1. The lowest BCUT2D eigenvalue weighted by Gasteiger charge is -2.19. The second kappa shape index (κ2) is 7.00. The summed E-state index contributed by atoms with van der Waals surface area (Å²) in [7, 11) is 1.60. The van der Waals surface area contributed by atoms with Crippen LogP contribution in [0.4, 0.5) is 4.79 Å². The first kappa shape index (κ1) is 14.5. The van der Waals surface area contributed by atoms with Gasteiger partial charge >= 0.3 is 12.0 Å². The summed E-state index contributed by atoms with van der Waals surface area (Å²) < 4.78 is 0. The molecule has 18 heavy (non-hydrogen) atoms. The lowest BCUT2D eigenvalue weighted by Crippen LogP contribution is -2.41. The van der Waals surface area contributed by atoms with Crippen LogP contribution in [0.1, 0.15) is 12.5 Å². The van der Waals surface area contributed by atoms with E-state index in [2.05, 4.69) is 5.32 Å². The quantitative estimate of drug-likeness (QED) is 0.826. The smallest absolute Gasteiger partial charge is 0.317 e. The van der Waals surface area contributed by atoms with Crippen molar-refractivity contribution in [3.8, 4) is 0 Å². The number of aliphatic carboxylic acids is 1. The number of carbonyl (C=O) groups excluding carboxylic acids is 1. The van der Waals surface area contributed by atoms with Gasteiger partial charge in [0.15, 0.2) is 0 Å². The highest BCUT2D eigenvalue weighted by molar-refractivity contribution is 7.07. The highest BCUT2D eigenvalue weighted by Crippen LogP contribution is 2.05. The predicted molar refractivity (Wildman–Crippen MR) is 70.9 cm³/mol. The fraction of sp³-hybridized carbons (Fsp3) is 0.500. The van der Waals surface area contributed by atoms with Crippen molar-refractivity contribution in [1.82, 2.24) is 10.2 Å². The van der Waals surface area contributed by atoms with E-state index in [-0.39, 0.29) is 12.6 Å². The van der Waals surface area contributed by atoms with Crippen molar-refractivity contribution in [2.75, 3.05) is 20.1 Å². The average Bonchev–Trinajstić information content (AvgIpc) is 2.81. The number of rotatable bonds is 6. The lowest BCUT2D eigenvalue weighted by atomic mass is 10.2. The van der Waals surface area contributed by atoms with Crippen LogP contribution in [-0.4, -0.2) is 42.1 Å². The first-order chi connectivity index (χ1) is 8.50. The minimum Gasteiger partial charge on any atom is -0.481 e. The van der Waals surface area contributed by atoms with Gasteiger partial charge in [-0.1, -0.05) is 6.92 Å². The van der Waals surface area contributed by atoms with Crippen molar-refractivity contribution >= 4 is 23.3 Å². The highest BCUT2D eigenvalue weighted by Gasteiger charge is 2.16. The van der Waals surface area contributed by atoms with Crippen LogP contribution in [0.3, 0.4) is 0 Å². The van der Waals surface area contributed by atoms with Gasteiger partial charge in [-0.2, -0.15) is 11.3 Å². The Bertz CT molecular complexity index is 392. The molecule has 100 valence electrons. The minimum absolute atomic E-state index is 0.208. The molecule has 1 aromatic rings. The third kappa shape index (κ3) is 4.75. The second-order valence-corrected chi connectivity index (χ2v) is 5.01. The second-order valence-electron chi connectivity index (χ2n) is 4.23. The van der Waals surface area contributed by atoms with Crippen molar-refractivity contribution in [2.24, 2.45) is 5.92 Å². The molecule has 5 nitrogen and oxygen atoms in total. The zero-order valence-corrected chi connectivity index (χ0v) is 11.4. The van der Waals surface area contributed by atoms with Gasteiger partial charge in [0, 0.05) is 20.1 Å². The van der Waals surface area contributed by atoms with Gasteiger partial charge < -0.3 is 15.3 Å². The summed E-state index contributed by atoms with van der Waals surface area (Å²) in [5, 5.41) is 15.6. The Labute approximate surface area is 110 Å². The summed E-state index contributed by atoms with van der Waals surface area (Å²) in [5.41, 5.74) is 1.20. The van der Waals surface area contributed by atoms with E-state index in [9.17, 15) is 9.59 Å². The number of carboxylic acid groups (broad SMARTS) is 1. The van der Waals surface area contributed by atoms with Crippen LogP contribution in [0.5, 0.6) is 0 Å². The van der Waals surface area contributed by atoms with Crippen LogP contribution >= 0.6 is 11.3 Å². The zero-order chi connectivity index (χ0) is 13.5. The first-order valence-corrected chi connectivity index (χ1v) is 6.68. The average molecular weight is 270 g/mol. The maximum atomic E-state index is 11.7. The van der Waals surface area contributed by atoms with E-state index in [0.717, 1.165) is 6.42 Å². The minimum atomic E-state index is -0.895. The maximum absolute atomic E-state index is 11.7. The van der Waals surface area contributed by atoms with Gasteiger partial charge in [-0.3, -0.25) is 4.79 Å². The molecule has 1 unspecified atom stereocenters. The van der Waals surface area contributed by atoms with Crippen molar-refractivity contribution in [2.45, 2.75) is 13.3 Å². The molecule has 1 aromatic heterocycles. The van der Waals surface area contributed by atoms with Crippen LogP contribution in [0.2, 0.25) is 0 Å². The van der Waals surface area contributed by atoms with Crippen LogP contribution < -0.4 is 5.32 Å². The molecule has 0 aliphatic rings. The molecule has 2 N–H and O–H groups in total. The van der Waals surface area contributed by atoms with E-state index in [1.54, 1.807) is 25.3 Å². The van der Waals surface area contributed by atoms with Crippen molar-refractivity contribution in [1.29, 1.82) is 0 Å². The van der Waals surface area contributed by atoms with Gasteiger partial charge in [0.05, 0.1) is 5.92 Å². The molecule has 0 fully saturated rings. The zero-order valence-electron chi connectivity index (χ0n) is 10.5. The SMILES string of the molecule is CC(CN(C)C(=O)NCCc1ccsc1)C(=O)O. The number of hydrogen-bond acceptors (Lipinski definition) is 3. The summed E-state index contributed by atoms with van der Waals surface area (Å²) in [6, 6.07) is 1.78. The molecule has 1 heterocycles. The van der Waals surface area contributed by atoms with Gasteiger partial charge in [0.2, 0.25) is 0 Å². The number of thiophene rings is 1. The normalized spacial score (nSPS) is 11.9. The molecular formula is C12H18N2O3S. The molecule has 6 heteroatoms. The number of carboxylic acids is 1. The molecule has 1 atom stereocenters. The number of carbonyl (C=O) groups is 2. The predicted octanol–water partition coefficient (Wildman–Crippen LogP) is 1.65. The lowest BCUT2D eigenvalue weighted by molar-refractivity contribution is -0.141. The number of hydrogen-bond donors (Lipinski definition) is 2. The standard InChI is InChI=1S/C12H18N2O3S/c1-9(11(15)16)7-14(2)12(17)13-5-3-10-4-6-18-8-10/h4,6,8-9H,3,5,7H2,1-2H3,(H,13,17)(H,15,16). The Morgan fingerprint density at radius 3 is 2.83 bits per heavy atom. The Kier molecular flexibility index (Phi) is 5.64. The molecule has 2 amide bonds. The number of nitrogens with zero attached hydrogens (tertiary/aromatic N) is 1. The Hall–Kier alpha value is -1.56. The van der Waals surface area contributed by atoms with E-state index in [4.69, 9.17) is 5.11 Å². The van der Waals surface area contributed by atoms with E-state index in [1.165, 1.54) is 10.5 Å². The van der Waals surface area contributed by atoms with Gasteiger partial charge in [-0.25, -0.2) is 4.79 Å². The van der Waals surface area contributed by atoms with Crippen LogP contribution in [0, 0.1) is 5.92 Å². The molecule has 0 spiro atoms. The topological polar surface area (TPSA) is 69.6 Å². The molecule has 1 rings (SSSR count). The third-order valence-electron chi connectivity index (χ3n) is 2.59. The fourth-order valence-corrected chi connectivity index (χ4v) is 2.16. The first-order valence-electron chi connectivity index (χ1n) is 5.73. The van der Waals surface area contributed by atoms with Crippen LogP contribution in [0.25, 0.3) is 0 Å². The molecule has 0 radical (unpaired) electrons. The summed E-state index contributed by atoms with van der Waals surface area (Å²) in [4.78, 5) is 23.7. The van der Waals surface area contributed by atoms with E-state index in [0.29, 0.717) is 6.54 Å². The fourth-order valence-electron chi connectivity index (χ4n) is 1.46. The molecule has 0 aliphatic carbocycles. The van der Waals surface area contributed by atoms with Crippen LogP contribution in [0.15, 0.2) is 16.8 Å². The summed E-state index contributed by atoms with van der Waals surface area (Å²) in [5.74, 6) is -1.45.